The average Bonchev–Trinajstić information content (AvgIpc) is 3.08. The maximum Gasteiger partial charge on any atom is 0.303 e. The fourth-order valence-electron chi connectivity index (χ4n) is 3.12. The van der Waals surface area contributed by atoms with Crippen molar-refractivity contribution in [3.05, 3.63) is 53.9 Å². The quantitative estimate of drug-likeness (QED) is 0.733. The van der Waals surface area contributed by atoms with Gasteiger partial charge in [-0.2, -0.15) is 0 Å². The number of carboxylic acid groups (broad SMARTS) is 1. The zero-order valence-corrected chi connectivity index (χ0v) is 14.9. The molecule has 0 radical (unpaired) electrons. The van der Waals surface area contributed by atoms with Crippen LogP contribution in [0.15, 0.2) is 42.7 Å². The number of hydrogen-bond donors (Lipinski definition) is 2. The third-order valence-corrected chi connectivity index (χ3v) is 4.46. The topological polar surface area (TPSA) is 99.6 Å². The van der Waals surface area contributed by atoms with Crippen LogP contribution in [0, 0.1) is 0 Å². The molecule has 7 heteroatoms. The Morgan fingerprint density at radius 3 is 2.70 bits per heavy atom. The van der Waals surface area contributed by atoms with Crippen molar-refractivity contribution >= 4 is 29.2 Å². The van der Waals surface area contributed by atoms with Crippen molar-refractivity contribution in [3.8, 4) is 0 Å². The fraction of sp³-hybridized carbons (Fsp3) is 0.300. The molecule has 0 spiro atoms. The van der Waals surface area contributed by atoms with Crippen LogP contribution >= 0.6 is 0 Å². The van der Waals surface area contributed by atoms with Gasteiger partial charge in [-0.05, 0) is 55.2 Å². The number of nitrogens with zero attached hydrogens (tertiary/aromatic N) is 2. The van der Waals surface area contributed by atoms with E-state index in [9.17, 15) is 14.4 Å². The Balaban J connectivity index is 1.60. The first kappa shape index (κ1) is 18.6. The number of pyridine rings is 1. The molecule has 0 saturated carbocycles. The number of carboxylic acids is 1. The average molecular weight is 367 g/mol. The van der Waals surface area contributed by atoms with Crippen molar-refractivity contribution < 1.29 is 19.5 Å². The largest absolute Gasteiger partial charge is 0.481 e. The summed E-state index contributed by atoms with van der Waals surface area (Å²) in [7, 11) is 0. The van der Waals surface area contributed by atoms with Crippen LogP contribution in [0.3, 0.4) is 0 Å². The Morgan fingerprint density at radius 2 is 1.96 bits per heavy atom. The van der Waals surface area contributed by atoms with Gasteiger partial charge in [-0.3, -0.25) is 19.4 Å². The zero-order chi connectivity index (χ0) is 19.2. The van der Waals surface area contributed by atoms with Crippen molar-refractivity contribution in [2.75, 3.05) is 16.8 Å². The van der Waals surface area contributed by atoms with Crippen LogP contribution in [0.4, 0.5) is 11.4 Å². The smallest absolute Gasteiger partial charge is 0.303 e. The number of aromatic nitrogens is 1. The van der Waals surface area contributed by atoms with E-state index < -0.39 is 5.97 Å². The summed E-state index contributed by atoms with van der Waals surface area (Å²) in [6.07, 6.45) is 5.30. The number of benzene rings is 1. The number of aliphatic carboxylic acids is 1. The SMILES string of the molecule is O=C(O)CCCCC(=O)Nc1ccc2c(c1)CCN2C(=O)c1cccnc1. The van der Waals surface area contributed by atoms with Crippen LogP contribution in [0.5, 0.6) is 0 Å². The van der Waals surface area contributed by atoms with Gasteiger partial charge in [0.25, 0.3) is 5.91 Å². The molecule has 0 fully saturated rings. The first-order valence-electron chi connectivity index (χ1n) is 8.91. The molecule has 1 aliphatic rings. The number of fused-ring (bicyclic) bond motifs is 1. The lowest BCUT2D eigenvalue weighted by atomic mass is 10.1. The van der Waals surface area contributed by atoms with E-state index in [1.807, 2.05) is 12.1 Å². The highest BCUT2D eigenvalue weighted by atomic mass is 16.4. The minimum absolute atomic E-state index is 0.0763. The highest BCUT2D eigenvalue weighted by Crippen LogP contribution is 2.31. The first-order valence-corrected chi connectivity index (χ1v) is 8.91. The predicted octanol–water partition coefficient (Wildman–Crippen LogP) is 2.87. The Morgan fingerprint density at radius 1 is 1.15 bits per heavy atom. The van der Waals surface area contributed by atoms with Crippen molar-refractivity contribution in [2.45, 2.75) is 32.1 Å². The lowest BCUT2D eigenvalue weighted by Crippen LogP contribution is -2.28. The van der Waals surface area contributed by atoms with Crippen LogP contribution < -0.4 is 10.2 Å². The molecule has 3 rings (SSSR count). The third kappa shape index (κ3) is 4.69. The number of amides is 2. The molecule has 140 valence electrons. The molecule has 0 unspecified atom stereocenters. The highest BCUT2D eigenvalue weighted by Gasteiger charge is 2.26. The number of carbonyl (C=O) groups is 3. The molecule has 0 bridgehead atoms. The summed E-state index contributed by atoms with van der Waals surface area (Å²) in [6.45, 7) is 0.593. The van der Waals surface area contributed by atoms with E-state index in [-0.39, 0.29) is 24.7 Å². The second kappa shape index (κ2) is 8.44. The lowest BCUT2D eigenvalue weighted by Gasteiger charge is -2.17. The highest BCUT2D eigenvalue weighted by molar-refractivity contribution is 6.07. The fourth-order valence-corrected chi connectivity index (χ4v) is 3.12. The number of anilines is 2. The van der Waals surface area contributed by atoms with Crippen LogP contribution in [-0.4, -0.2) is 34.4 Å². The third-order valence-electron chi connectivity index (χ3n) is 4.46. The second-order valence-corrected chi connectivity index (χ2v) is 6.44. The van der Waals surface area contributed by atoms with Gasteiger partial charge in [0, 0.05) is 43.2 Å². The van der Waals surface area contributed by atoms with E-state index in [2.05, 4.69) is 10.3 Å². The molecule has 1 aromatic heterocycles. The van der Waals surface area contributed by atoms with Gasteiger partial charge in [0.15, 0.2) is 0 Å². The number of carbonyl (C=O) groups excluding carboxylic acids is 2. The maximum absolute atomic E-state index is 12.6. The summed E-state index contributed by atoms with van der Waals surface area (Å²) in [5.74, 6) is -1.07. The van der Waals surface area contributed by atoms with E-state index >= 15 is 0 Å². The van der Waals surface area contributed by atoms with Crippen molar-refractivity contribution in [1.82, 2.24) is 4.98 Å². The number of nitrogens with one attached hydrogen (secondary N) is 1. The van der Waals surface area contributed by atoms with Gasteiger partial charge in [0.1, 0.15) is 0 Å². The summed E-state index contributed by atoms with van der Waals surface area (Å²) in [5.41, 5.74) is 3.09. The second-order valence-electron chi connectivity index (χ2n) is 6.44. The molecular formula is C20H21N3O4. The van der Waals surface area contributed by atoms with E-state index in [1.54, 1.807) is 35.5 Å². The molecule has 2 heterocycles. The Hall–Kier alpha value is -3.22. The Labute approximate surface area is 157 Å². The van der Waals surface area contributed by atoms with E-state index in [1.165, 1.54) is 0 Å². The molecule has 2 aromatic rings. The minimum atomic E-state index is -0.848. The van der Waals surface area contributed by atoms with Gasteiger partial charge < -0.3 is 15.3 Å². The van der Waals surface area contributed by atoms with Crippen molar-refractivity contribution in [1.29, 1.82) is 0 Å². The zero-order valence-electron chi connectivity index (χ0n) is 14.9. The maximum atomic E-state index is 12.6. The van der Waals surface area contributed by atoms with Gasteiger partial charge in [0.2, 0.25) is 5.91 Å². The normalized spacial score (nSPS) is 12.5. The monoisotopic (exact) mass is 367 g/mol. The van der Waals surface area contributed by atoms with Gasteiger partial charge in [-0.1, -0.05) is 0 Å². The molecule has 2 N–H and O–H groups in total. The summed E-state index contributed by atoms with van der Waals surface area (Å²) < 4.78 is 0. The first-order chi connectivity index (χ1) is 13.0. The molecule has 0 saturated heterocycles. The van der Waals surface area contributed by atoms with Crippen LogP contribution in [0.1, 0.15) is 41.6 Å². The lowest BCUT2D eigenvalue weighted by molar-refractivity contribution is -0.137. The van der Waals surface area contributed by atoms with Gasteiger partial charge >= 0.3 is 5.97 Å². The van der Waals surface area contributed by atoms with Crippen molar-refractivity contribution in [2.24, 2.45) is 0 Å². The number of unbranched alkanes of at least 4 members (excludes halogenated alkanes) is 1. The standard InChI is InChI=1S/C20H21N3O4/c24-18(5-1-2-6-19(25)26)22-16-7-8-17-14(12-16)9-11-23(17)20(27)15-4-3-10-21-13-15/h3-4,7-8,10,12-13H,1-2,5-6,9,11H2,(H,22,24)(H,25,26). The van der Waals surface area contributed by atoms with Gasteiger partial charge in [-0.25, -0.2) is 0 Å². The molecule has 1 aromatic carbocycles. The molecule has 2 amide bonds. The van der Waals surface area contributed by atoms with Crippen LogP contribution in [0.25, 0.3) is 0 Å². The molecule has 0 aliphatic carbocycles. The Kier molecular flexibility index (Phi) is 5.80. The minimum Gasteiger partial charge on any atom is -0.481 e. The summed E-state index contributed by atoms with van der Waals surface area (Å²) in [4.78, 5) is 40.8. The molecule has 27 heavy (non-hydrogen) atoms. The van der Waals surface area contributed by atoms with Crippen LogP contribution in [0.2, 0.25) is 0 Å². The van der Waals surface area contributed by atoms with E-state index in [4.69, 9.17) is 5.11 Å². The molecular weight excluding hydrogens is 346 g/mol. The summed E-state index contributed by atoms with van der Waals surface area (Å²) in [5, 5.41) is 11.4. The Bertz CT molecular complexity index is 852. The molecule has 1 aliphatic heterocycles. The van der Waals surface area contributed by atoms with Crippen LogP contribution in [-0.2, 0) is 16.0 Å². The van der Waals surface area contributed by atoms with E-state index in [0.717, 1.165) is 17.7 Å². The summed E-state index contributed by atoms with van der Waals surface area (Å²) >= 11 is 0. The van der Waals surface area contributed by atoms with Crippen molar-refractivity contribution in [3.63, 3.8) is 0 Å². The van der Waals surface area contributed by atoms with Gasteiger partial charge in [0.05, 0.1) is 5.56 Å². The summed E-state index contributed by atoms with van der Waals surface area (Å²) in [6, 6.07) is 8.99. The number of hydrogen-bond acceptors (Lipinski definition) is 4. The van der Waals surface area contributed by atoms with E-state index in [0.29, 0.717) is 30.6 Å². The predicted molar refractivity (Wildman–Crippen MR) is 101 cm³/mol. The van der Waals surface area contributed by atoms with Gasteiger partial charge in [-0.15, -0.1) is 0 Å². The molecule has 7 nitrogen and oxygen atoms in total. The molecule has 0 atom stereocenters. The number of rotatable bonds is 7.